The molecule has 0 unspecified atom stereocenters. The highest BCUT2D eigenvalue weighted by molar-refractivity contribution is 7.99. The van der Waals surface area contributed by atoms with Crippen molar-refractivity contribution >= 4 is 11.8 Å². The van der Waals surface area contributed by atoms with Crippen LogP contribution in [0, 0.1) is 0 Å². The zero-order valence-corrected chi connectivity index (χ0v) is 11.1. The molecular formula is C13H20N2S. The van der Waals surface area contributed by atoms with Gasteiger partial charge in [0.05, 0.1) is 0 Å². The molecule has 1 aromatic rings. The molecule has 0 aromatic carbocycles. The molecule has 3 heteroatoms. The lowest BCUT2D eigenvalue weighted by molar-refractivity contribution is 0.313. The molecule has 88 valence electrons. The summed E-state index contributed by atoms with van der Waals surface area (Å²) in [7, 11) is 2.22. The van der Waals surface area contributed by atoms with Crippen molar-refractivity contribution in [3.63, 3.8) is 0 Å². The zero-order chi connectivity index (χ0) is 11.5. The normalized spacial score (nSPS) is 21.9. The van der Waals surface area contributed by atoms with Gasteiger partial charge >= 0.3 is 0 Å². The standard InChI is InChI=1S/C13H20N2S/c1-10(2)16-13-11(6-4-8-14-13)12-7-5-9-15(12)3/h4,6,8,10,12H,5,7,9H2,1-3H3/t12-/m1/s1. The molecule has 0 aliphatic carbocycles. The van der Waals surface area contributed by atoms with Gasteiger partial charge in [0.1, 0.15) is 5.03 Å². The number of aromatic nitrogens is 1. The second kappa shape index (κ2) is 5.19. The van der Waals surface area contributed by atoms with E-state index in [1.807, 2.05) is 18.0 Å². The van der Waals surface area contributed by atoms with E-state index in [1.165, 1.54) is 30.0 Å². The summed E-state index contributed by atoms with van der Waals surface area (Å²) >= 11 is 1.88. The summed E-state index contributed by atoms with van der Waals surface area (Å²) in [4.78, 5) is 6.98. The van der Waals surface area contributed by atoms with E-state index >= 15 is 0 Å². The van der Waals surface area contributed by atoms with Gasteiger partial charge in [-0.15, -0.1) is 11.8 Å². The lowest BCUT2D eigenvalue weighted by Gasteiger charge is -2.22. The molecule has 1 fully saturated rings. The Morgan fingerprint density at radius 3 is 2.94 bits per heavy atom. The predicted molar refractivity (Wildman–Crippen MR) is 69.8 cm³/mol. The fourth-order valence-electron chi connectivity index (χ4n) is 2.28. The summed E-state index contributed by atoms with van der Waals surface area (Å²) in [5.41, 5.74) is 1.42. The SMILES string of the molecule is CC(C)Sc1ncccc1[C@H]1CCCN1C. The Kier molecular flexibility index (Phi) is 3.87. The van der Waals surface area contributed by atoms with Crippen LogP contribution in [0.5, 0.6) is 0 Å². The van der Waals surface area contributed by atoms with Crippen molar-refractivity contribution in [1.82, 2.24) is 9.88 Å². The topological polar surface area (TPSA) is 16.1 Å². The van der Waals surface area contributed by atoms with Gasteiger partial charge in [0.15, 0.2) is 0 Å². The maximum absolute atomic E-state index is 4.53. The van der Waals surface area contributed by atoms with Crippen LogP contribution in [0.1, 0.15) is 38.3 Å². The lowest BCUT2D eigenvalue weighted by atomic mass is 10.1. The molecule has 0 N–H and O–H groups in total. The van der Waals surface area contributed by atoms with Crippen LogP contribution in [0.4, 0.5) is 0 Å². The van der Waals surface area contributed by atoms with Crippen molar-refractivity contribution in [3.05, 3.63) is 23.9 Å². The predicted octanol–water partition coefficient (Wildman–Crippen LogP) is 3.35. The maximum atomic E-state index is 4.53. The van der Waals surface area contributed by atoms with Crippen LogP contribution in [0.2, 0.25) is 0 Å². The number of pyridine rings is 1. The summed E-state index contributed by atoms with van der Waals surface area (Å²) < 4.78 is 0. The van der Waals surface area contributed by atoms with Crippen LogP contribution in [0.25, 0.3) is 0 Å². The molecule has 0 bridgehead atoms. The van der Waals surface area contributed by atoms with Gasteiger partial charge in [0.25, 0.3) is 0 Å². The Morgan fingerprint density at radius 1 is 1.50 bits per heavy atom. The molecule has 2 nitrogen and oxygen atoms in total. The summed E-state index contributed by atoms with van der Waals surface area (Å²) in [5, 5.41) is 1.82. The van der Waals surface area contributed by atoms with Crippen LogP contribution in [-0.2, 0) is 0 Å². The summed E-state index contributed by atoms with van der Waals surface area (Å²) in [6, 6.07) is 4.88. The van der Waals surface area contributed by atoms with Crippen LogP contribution in [0.3, 0.4) is 0 Å². The van der Waals surface area contributed by atoms with Crippen molar-refractivity contribution in [2.75, 3.05) is 13.6 Å². The van der Waals surface area contributed by atoms with E-state index in [-0.39, 0.29) is 0 Å². The molecule has 2 heterocycles. The van der Waals surface area contributed by atoms with Gasteiger partial charge in [-0.25, -0.2) is 4.98 Å². The van der Waals surface area contributed by atoms with E-state index in [9.17, 15) is 0 Å². The largest absolute Gasteiger partial charge is 0.299 e. The van der Waals surface area contributed by atoms with Gasteiger partial charge in [-0.3, -0.25) is 4.90 Å². The van der Waals surface area contributed by atoms with Gasteiger partial charge in [0, 0.05) is 23.1 Å². The Balaban J connectivity index is 2.25. The number of likely N-dealkylation sites (tertiary alicyclic amines) is 1. The molecule has 1 aromatic heterocycles. The molecular weight excluding hydrogens is 216 g/mol. The fraction of sp³-hybridized carbons (Fsp3) is 0.615. The lowest BCUT2D eigenvalue weighted by Crippen LogP contribution is -2.18. The third-order valence-electron chi connectivity index (χ3n) is 3.03. The molecule has 0 amide bonds. The van der Waals surface area contributed by atoms with E-state index < -0.39 is 0 Å². The van der Waals surface area contributed by atoms with Crippen molar-refractivity contribution in [2.24, 2.45) is 0 Å². The van der Waals surface area contributed by atoms with E-state index in [4.69, 9.17) is 0 Å². The molecule has 0 spiro atoms. The molecule has 0 radical (unpaired) electrons. The molecule has 1 saturated heterocycles. The minimum Gasteiger partial charge on any atom is -0.299 e. The first-order chi connectivity index (χ1) is 7.68. The van der Waals surface area contributed by atoms with Gasteiger partial charge < -0.3 is 0 Å². The van der Waals surface area contributed by atoms with Crippen LogP contribution in [-0.4, -0.2) is 28.7 Å². The highest BCUT2D eigenvalue weighted by atomic mass is 32.2. The van der Waals surface area contributed by atoms with Crippen molar-refractivity contribution in [1.29, 1.82) is 0 Å². The van der Waals surface area contributed by atoms with Gasteiger partial charge in [-0.2, -0.15) is 0 Å². The monoisotopic (exact) mass is 236 g/mol. The van der Waals surface area contributed by atoms with Crippen LogP contribution < -0.4 is 0 Å². The van der Waals surface area contributed by atoms with Crippen LogP contribution in [0.15, 0.2) is 23.4 Å². The smallest absolute Gasteiger partial charge is 0.101 e. The number of rotatable bonds is 3. The minimum atomic E-state index is 0.579. The van der Waals surface area contributed by atoms with Gasteiger partial charge in [0.2, 0.25) is 0 Å². The van der Waals surface area contributed by atoms with Gasteiger partial charge in [-0.05, 0) is 32.5 Å². The van der Waals surface area contributed by atoms with E-state index in [2.05, 4.69) is 42.9 Å². The first-order valence-corrected chi connectivity index (χ1v) is 6.88. The first kappa shape index (κ1) is 11.9. The van der Waals surface area contributed by atoms with E-state index in [0.717, 1.165) is 0 Å². The third-order valence-corrected chi connectivity index (χ3v) is 4.06. The highest BCUT2D eigenvalue weighted by Gasteiger charge is 2.25. The quantitative estimate of drug-likeness (QED) is 0.749. The molecule has 1 aliphatic heterocycles. The van der Waals surface area contributed by atoms with Crippen molar-refractivity contribution in [3.8, 4) is 0 Å². The number of nitrogens with zero attached hydrogens (tertiary/aromatic N) is 2. The van der Waals surface area contributed by atoms with Crippen molar-refractivity contribution in [2.45, 2.75) is 43.0 Å². The van der Waals surface area contributed by atoms with E-state index in [1.54, 1.807) is 0 Å². The van der Waals surface area contributed by atoms with Crippen LogP contribution >= 0.6 is 11.8 Å². The summed E-state index contributed by atoms with van der Waals surface area (Å²) in [6.45, 7) is 5.66. The summed E-state index contributed by atoms with van der Waals surface area (Å²) in [5.74, 6) is 0. The maximum Gasteiger partial charge on any atom is 0.101 e. The number of hydrogen-bond acceptors (Lipinski definition) is 3. The Bertz CT molecular complexity index is 352. The van der Waals surface area contributed by atoms with Crippen molar-refractivity contribution < 1.29 is 0 Å². The molecule has 1 atom stereocenters. The Morgan fingerprint density at radius 2 is 2.31 bits per heavy atom. The average molecular weight is 236 g/mol. The minimum absolute atomic E-state index is 0.579. The molecule has 16 heavy (non-hydrogen) atoms. The summed E-state index contributed by atoms with van der Waals surface area (Å²) in [6.07, 6.45) is 4.48. The first-order valence-electron chi connectivity index (χ1n) is 6.00. The number of thioether (sulfide) groups is 1. The second-order valence-corrected chi connectivity index (χ2v) is 6.27. The average Bonchev–Trinajstić information content (AvgIpc) is 2.64. The second-order valence-electron chi connectivity index (χ2n) is 4.70. The number of hydrogen-bond donors (Lipinski definition) is 0. The Labute approximate surface area is 102 Å². The highest BCUT2D eigenvalue weighted by Crippen LogP contribution is 2.36. The van der Waals surface area contributed by atoms with Gasteiger partial charge in [-0.1, -0.05) is 19.9 Å². The van der Waals surface area contributed by atoms with E-state index in [0.29, 0.717) is 11.3 Å². The molecule has 0 saturated carbocycles. The zero-order valence-electron chi connectivity index (χ0n) is 10.3. The molecule has 2 rings (SSSR count). The fourth-order valence-corrected chi connectivity index (χ4v) is 3.19. The molecule has 1 aliphatic rings. The Hall–Kier alpha value is -0.540. The third kappa shape index (κ3) is 2.58.